The van der Waals surface area contributed by atoms with Gasteiger partial charge in [0.15, 0.2) is 11.6 Å². The lowest BCUT2D eigenvalue weighted by atomic mass is 10.2. The van der Waals surface area contributed by atoms with Gasteiger partial charge >= 0.3 is 0 Å². The van der Waals surface area contributed by atoms with Gasteiger partial charge in [0, 0.05) is 18.3 Å². The molecule has 0 saturated carbocycles. The van der Waals surface area contributed by atoms with Crippen molar-refractivity contribution >= 4 is 11.4 Å². The Morgan fingerprint density at radius 3 is 2.33 bits per heavy atom. The summed E-state index contributed by atoms with van der Waals surface area (Å²) in [5.41, 5.74) is 0.334. The number of nitrogens with zero attached hydrogens (tertiary/aromatic N) is 2. The van der Waals surface area contributed by atoms with Crippen molar-refractivity contribution in [3.8, 4) is 0 Å². The number of rotatable bonds is 2. The van der Waals surface area contributed by atoms with Crippen LogP contribution in [0, 0.1) is 17.5 Å². The molecule has 2 nitrogen and oxygen atoms in total. The minimum Gasteiger partial charge on any atom is -0.255 e. The minimum atomic E-state index is -1.04. The van der Waals surface area contributed by atoms with Gasteiger partial charge in [-0.05, 0) is 19.1 Å². The second-order valence-corrected chi connectivity index (χ2v) is 3.63. The summed E-state index contributed by atoms with van der Waals surface area (Å²) in [6.45, 7) is 1.57. The molecule has 0 atom stereocenters. The minimum absolute atomic E-state index is 0.347. The molecule has 18 heavy (non-hydrogen) atoms. The molecule has 0 amide bonds. The Morgan fingerprint density at radius 2 is 1.78 bits per heavy atom. The molecule has 0 fully saturated rings. The van der Waals surface area contributed by atoms with Crippen molar-refractivity contribution in [3.63, 3.8) is 0 Å². The van der Waals surface area contributed by atoms with Crippen LogP contribution < -0.4 is 0 Å². The summed E-state index contributed by atoms with van der Waals surface area (Å²) in [6.07, 6.45) is 1.55. The Kier molecular flexibility index (Phi) is 3.41. The first-order valence-electron chi connectivity index (χ1n) is 5.19. The molecule has 0 radical (unpaired) electrons. The summed E-state index contributed by atoms with van der Waals surface area (Å²) in [6, 6.07) is 6.30. The topological polar surface area (TPSA) is 25.2 Å². The largest absolute Gasteiger partial charge is 0.255 e. The SMILES string of the molecule is CC(=Nc1c(F)cc(F)cc1F)c1ccccn1. The van der Waals surface area contributed by atoms with Gasteiger partial charge in [-0.1, -0.05) is 6.07 Å². The van der Waals surface area contributed by atoms with Crippen LogP contribution in [0.15, 0.2) is 41.5 Å². The predicted octanol–water partition coefficient (Wildman–Crippen LogP) is 3.64. The molecule has 1 heterocycles. The summed E-state index contributed by atoms with van der Waals surface area (Å²) < 4.78 is 39.5. The summed E-state index contributed by atoms with van der Waals surface area (Å²) in [5.74, 6) is -3.05. The van der Waals surface area contributed by atoms with Crippen molar-refractivity contribution in [3.05, 3.63) is 59.7 Å². The molecule has 0 aliphatic rings. The first-order valence-corrected chi connectivity index (χ1v) is 5.19. The maximum Gasteiger partial charge on any atom is 0.154 e. The molecular weight excluding hydrogens is 241 g/mol. The average Bonchev–Trinajstić information content (AvgIpc) is 2.34. The standard InChI is InChI=1S/C13H9F3N2/c1-8(12-4-2-3-5-17-12)18-13-10(15)6-9(14)7-11(13)16/h2-7H,1H3. The van der Waals surface area contributed by atoms with Crippen molar-refractivity contribution in [1.29, 1.82) is 0 Å². The van der Waals surface area contributed by atoms with E-state index in [1.807, 2.05) is 0 Å². The van der Waals surface area contributed by atoms with Gasteiger partial charge in [-0.2, -0.15) is 0 Å². The molecule has 2 aromatic rings. The van der Waals surface area contributed by atoms with E-state index in [9.17, 15) is 13.2 Å². The van der Waals surface area contributed by atoms with E-state index in [0.29, 0.717) is 23.5 Å². The highest BCUT2D eigenvalue weighted by Gasteiger charge is 2.11. The molecule has 0 spiro atoms. The highest BCUT2D eigenvalue weighted by atomic mass is 19.1. The first-order chi connectivity index (χ1) is 8.58. The summed E-state index contributed by atoms with van der Waals surface area (Å²) >= 11 is 0. The van der Waals surface area contributed by atoms with E-state index in [4.69, 9.17) is 0 Å². The molecule has 0 aliphatic heterocycles. The highest BCUT2D eigenvalue weighted by molar-refractivity contribution is 5.98. The molecule has 5 heteroatoms. The number of aliphatic imine (C=N–C) groups is 1. The van der Waals surface area contributed by atoms with Crippen LogP contribution in [0.2, 0.25) is 0 Å². The van der Waals surface area contributed by atoms with E-state index in [-0.39, 0.29) is 0 Å². The van der Waals surface area contributed by atoms with Crippen molar-refractivity contribution < 1.29 is 13.2 Å². The Balaban J connectivity index is 2.45. The molecule has 92 valence electrons. The number of halogens is 3. The van der Waals surface area contributed by atoms with Crippen LogP contribution in [0.25, 0.3) is 0 Å². The van der Waals surface area contributed by atoms with Gasteiger partial charge in [-0.3, -0.25) is 4.98 Å². The van der Waals surface area contributed by atoms with E-state index >= 15 is 0 Å². The number of hydrogen-bond acceptors (Lipinski definition) is 2. The van der Waals surface area contributed by atoms with Gasteiger partial charge in [0.05, 0.1) is 11.4 Å². The van der Waals surface area contributed by atoms with Gasteiger partial charge < -0.3 is 0 Å². The van der Waals surface area contributed by atoms with Crippen molar-refractivity contribution in [2.75, 3.05) is 0 Å². The zero-order valence-electron chi connectivity index (χ0n) is 9.49. The lowest BCUT2D eigenvalue weighted by Crippen LogP contribution is -1.98. The molecule has 0 saturated heterocycles. The van der Waals surface area contributed by atoms with Crippen LogP contribution in [-0.2, 0) is 0 Å². The van der Waals surface area contributed by atoms with E-state index < -0.39 is 23.1 Å². The third-order valence-corrected chi connectivity index (χ3v) is 2.30. The molecular formula is C13H9F3N2. The second kappa shape index (κ2) is 5.00. The smallest absolute Gasteiger partial charge is 0.154 e. The zero-order valence-corrected chi connectivity index (χ0v) is 9.49. The van der Waals surface area contributed by atoms with Gasteiger partial charge in [0.2, 0.25) is 0 Å². The molecule has 0 N–H and O–H groups in total. The second-order valence-electron chi connectivity index (χ2n) is 3.63. The van der Waals surface area contributed by atoms with E-state index in [0.717, 1.165) is 0 Å². The van der Waals surface area contributed by atoms with Gasteiger partial charge in [0.25, 0.3) is 0 Å². The van der Waals surface area contributed by atoms with Crippen LogP contribution in [0.5, 0.6) is 0 Å². The molecule has 1 aromatic carbocycles. The van der Waals surface area contributed by atoms with E-state index in [2.05, 4.69) is 9.98 Å². The third kappa shape index (κ3) is 2.56. The van der Waals surface area contributed by atoms with Crippen LogP contribution in [-0.4, -0.2) is 10.7 Å². The summed E-state index contributed by atoms with van der Waals surface area (Å²) in [5, 5.41) is 0. The number of benzene rings is 1. The summed E-state index contributed by atoms with van der Waals surface area (Å²) in [7, 11) is 0. The lowest BCUT2D eigenvalue weighted by Gasteiger charge is -2.02. The number of aromatic nitrogens is 1. The van der Waals surface area contributed by atoms with Crippen molar-refractivity contribution in [2.24, 2.45) is 4.99 Å². The number of pyridine rings is 1. The normalized spacial score (nSPS) is 11.7. The zero-order chi connectivity index (χ0) is 13.1. The van der Waals surface area contributed by atoms with Gasteiger partial charge in [-0.15, -0.1) is 0 Å². The Labute approximate surface area is 102 Å². The first kappa shape index (κ1) is 12.3. The third-order valence-electron chi connectivity index (χ3n) is 2.30. The average molecular weight is 250 g/mol. The Hall–Kier alpha value is -2.17. The maximum atomic E-state index is 13.4. The van der Waals surface area contributed by atoms with Crippen LogP contribution in [0.1, 0.15) is 12.6 Å². The molecule has 1 aromatic heterocycles. The van der Waals surface area contributed by atoms with Crippen LogP contribution in [0.3, 0.4) is 0 Å². The van der Waals surface area contributed by atoms with Crippen LogP contribution >= 0.6 is 0 Å². The highest BCUT2D eigenvalue weighted by Crippen LogP contribution is 2.24. The fraction of sp³-hybridized carbons (Fsp3) is 0.0769. The maximum absolute atomic E-state index is 13.4. The quantitative estimate of drug-likeness (QED) is 0.747. The Morgan fingerprint density at radius 1 is 1.11 bits per heavy atom. The summed E-state index contributed by atoms with van der Waals surface area (Å²) in [4.78, 5) is 7.81. The monoisotopic (exact) mass is 250 g/mol. The van der Waals surface area contributed by atoms with Gasteiger partial charge in [-0.25, -0.2) is 18.2 Å². The molecule has 2 rings (SSSR count). The van der Waals surface area contributed by atoms with Gasteiger partial charge in [0.1, 0.15) is 11.5 Å². The molecule has 0 bridgehead atoms. The Bertz CT molecular complexity index is 571. The van der Waals surface area contributed by atoms with E-state index in [1.54, 1.807) is 31.3 Å². The van der Waals surface area contributed by atoms with Crippen molar-refractivity contribution in [2.45, 2.75) is 6.92 Å². The predicted molar refractivity (Wildman–Crippen MR) is 62.4 cm³/mol. The molecule has 0 aliphatic carbocycles. The fourth-order valence-electron chi connectivity index (χ4n) is 1.44. The van der Waals surface area contributed by atoms with Crippen LogP contribution in [0.4, 0.5) is 18.9 Å². The lowest BCUT2D eigenvalue weighted by molar-refractivity contribution is 0.546. The molecule has 0 unspecified atom stereocenters. The fourth-order valence-corrected chi connectivity index (χ4v) is 1.44. The van der Waals surface area contributed by atoms with Crippen molar-refractivity contribution in [1.82, 2.24) is 4.98 Å². The van der Waals surface area contributed by atoms with E-state index in [1.165, 1.54) is 0 Å². The number of hydrogen-bond donors (Lipinski definition) is 0.